The number of aromatic nitrogens is 2. The van der Waals surface area contributed by atoms with Crippen LogP contribution in [0.3, 0.4) is 0 Å². The van der Waals surface area contributed by atoms with E-state index < -0.39 is 0 Å². The average molecular weight is 262 g/mol. The molecule has 100 valence electrons. The third-order valence-corrected chi connectivity index (χ3v) is 3.40. The molecule has 5 heteroatoms. The predicted octanol–water partition coefficient (Wildman–Crippen LogP) is 2.14. The van der Waals surface area contributed by atoms with Crippen LogP contribution in [0.1, 0.15) is 12.0 Å². The lowest BCUT2D eigenvalue weighted by Gasteiger charge is -2.23. The predicted molar refractivity (Wildman–Crippen MR) is 68.5 cm³/mol. The van der Waals surface area contributed by atoms with Crippen LogP contribution in [0.5, 0.6) is 5.88 Å². The molecule has 4 nitrogen and oxygen atoms in total. The Morgan fingerprint density at radius 3 is 3.00 bits per heavy atom. The van der Waals surface area contributed by atoms with Gasteiger partial charge < -0.3 is 9.84 Å². The first-order chi connectivity index (χ1) is 9.20. The molecule has 0 spiro atoms. The van der Waals surface area contributed by atoms with Gasteiger partial charge in [-0.25, -0.2) is 9.07 Å². The van der Waals surface area contributed by atoms with E-state index in [9.17, 15) is 4.39 Å². The molecule has 0 saturated heterocycles. The molecule has 0 aliphatic carbocycles. The number of hydrogen-bond donors (Lipinski definition) is 1. The van der Waals surface area contributed by atoms with Crippen LogP contribution in [-0.4, -0.2) is 27.6 Å². The minimum Gasteiger partial charge on any atom is -0.472 e. The maximum absolute atomic E-state index is 13.8. The Morgan fingerprint density at radius 2 is 2.26 bits per heavy atom. The molecular formula is C14H15FN2O2. The van der Waals surface area contributed by atoms with Gasteiger partial charge in [0.25, 0.3) is 0 Å². The second-order valence-electron chi connectivity index (χ2n) is 4.69. The zero-order valence-electron chi connectivity index (χ0n) is 10.6. The van der Waals surface area contributed by atoms with Crippen LogP contribution < -0.4 is 4.74 Å². The van der Waals surface area contributed by atoms with Gasteiger partial charge in [-0.05, 0) is 19.1 Å². The Bertz CT molecular complexity index is 609. The summed E-state index contributed by atoms with van der Waals surface area (Å²) in [4.78, 5) is 0. The highest BCUT2D eigenvalue weighted by molar-refractivity contribution is 5.65. The van der Waals surface area contributed by atoms with Crippen molar-refractivity contribution in [3.05, 3.63) is 35.6 Å². The Labute approximate surface area is 110 Å². The van der Waals surface area contributed by atoms with Crippen LogP contribution in [0.4, 0.5) is 4.39 Å². The first-order valence-electron chi connectivity index (χ1n) is 6.30. The molecule has 0 radical (unpaired) electrons. The number of aliphatic hydroxyl groups excluding tert-OH is 1. The van der Waals surface area contributed by atoms with E-state index in [0.717, 1.165) is 5.56 Å². The molecule has 1 aliphatic heterocycles. The van der Waals surface area contributed by atoms with E-state index in [2.05, 4.69) is 5.10 Å². The van der Waals surface area contributed by atoms with E-state index in [-0.39, 0.29) is 18.5 Å². The quantitative estimate of drug-likeness (QED) is 0.902. The van der Waals surface area contributed by atoms with Gasteiger partial charge in [-0.3, -0.25) is 0 Å². The molecule has 3 rings (SSSR count). The summed E-state index contributed by atoms with van der Waals surface area (Å²) >= 11 is 0. The number of rotatable bonds is 2. The fourth-order valence-electron chi connectivity index (χ4n) is 2.36. The minimum absolute atomic E-state index is 0.0142. The monoisotopic (exact) mass is 262 g/mol. The van der Waals surface area contributed by atoms with Crippen molar-refractivity contribution in [2.45, 2.75) is 26.0 Å². The van der Waals surface area contributed by atoms with Crippen molar-refractivity contribution in [3.8, 4) is 17.1 Å². The van der Waals surface area contributed by atoms with E-state index in [4.69, 9.17) is 9.84 Å². The zero-order chi connectivity index (χ0) is 13.4. The maximum atomic E-state index is 13.8. The van der Waals surface area contributed by atoms with Crippen LogP contribution in [0.2, 0.25) is 0 Å². The SMILES string of the molecule is Cc1c(-c2ccccc2F)nn2c1O[C@H](CO)CC2. The number of aliphatic hydroxyl groups is 1. The van der Waals surface area contributed by atoms with Gasteiger partial charge in [-0.1, -0.05) is 12.1 Å². The standard InChI is InChI=1S/C14H15FN2O2/c1-9-13(11-4-2-3-5-12(11)15)16-17-7-6-10(8-18)19-14(9)17/h2-5,10,18H,6-8H2,1H3/t10-/m0/s1. The maximum Gasteiger partial charge on any atom is 0.215 e. The highest BCUT2D eigenvalue weighted by Gasteiger charge is 2.25. The van der Waals surface area contributed by atoms with Crippen LogP contribution in [-0.2, 0) is 6.54 Å². The van der Waals surface area contributed by atoms with Gasteiger partial charge >= 0.3 is 0 Å². The number of aryl methyl sites for hydroxylation is 1. The molecule has 0 saturated carbocycles. The summed E-state index contributed by atoms with van der Waals surface area (Å²) < 4.78 is 21.3. The van der Waals surface area contributed by atoms with Gasteiger partial charge in [0.15, 0.2) is 0 Å². The molecule has 0 bridgehead atoms. The van der Waals surface area contributed by atoms with Crippen molar-refractivity contribution in [1.82, 2.24) is 9.78 Å². The third-order valence-electron chi connectivity index (χ3n) is 3.40. The van der Waals surface area contributed by atoms with Gasteiger partial charge in [0.1, 0.15) is 17.6 Å². The average Bonchev–Trinajstić information content (AvgIpc) is 2.76. The first kappa shape index (κ1) is 12.2. The lowest BCUT2D eigenvalue weighted by Crippen LogP contribution is -2.29. The topological polar surface area (TPSA) is 47.3 Å². The van der Waals surface area contributed by atoms with Crippen LogP contribution in [0.15, 0.2) is 24.3 Å². The molecule has 0 unspecified atom stereocenters. The molecule has 1 aromatic heterocycles. The Morgan fingerprint density at radius 1 is 1.47 bits per heavy atom. The Balaban J connectivity index is 2.06. The molecule has 1 N–H and O–H groups in total. The molecule has 1 aliphatic rings. The number of hydrogen-bond acceptors (Lipinski definition) is 3. The number of fused-ring (bicyclic) bond motifs is 1. The fourth-order valence-corrected chi connectivity index (χ4v) is 2.36. The summed E-state index contributed by atoms with van der Waals surface area (Å²) in [5.74, 6) is 0.336. The summed E-state index contributed by atoms with van der Waals surface area (Å²) in [6.07, 6.45) is 0.512. The van der Waals surface area contributed by atoms with Crippen LogP contribution >= 0.6 is 0 Å². The molecular weight excluding hydrogens is 247 g/mol. The lowest BCUT2D eigenvalue weighted by molar-refractivity contribution is 0.0726. The summed E-state index contributed by atoms with van der Waals surface area (Å²) in [7, 11) is 0. The smallest absolute Gasteiger partial charge is 0.215 e. The highest BCUT2D eigenvalue weighted by atomic mass is 19.1. The molecule has 0 amide bonds. The molecule has 0 fully saturated rings. The van der Waals surface area contributed by atoms with Gasteiger partial charge in [0, 0.05) is 24.1 Å². The second kappa shape index (κ2) is 4.66. The number of nitrogens with zero attached hydrogens (tertiary/aromatic N) is 2. The minimum atomic E-state index is -0.292. The van der Waals surface area contributed by atoms with Gasteiger partial charge in [0.2, 0.25) is 5.88 Å². The molecule has 19 heavy (non-hydrogen) atoms. The Kier molecular flexibility index (Phi) is 2.98. The molecule has 2 heterocycles. The number of benzene rings is 1. The van der Waals surface area contributed by atoms with E-state index >= 15 is 0 Å². The zero-order valence-corrected chi connectivity index (χ0v) is 10.6. The van der Waals surface area contributed by atoms with E-state index in [0.29, 0.717) is 30.1 Å². The summed E-state index contributed by atoms with van der Waals surface area (Å²) in [5, 5.41) is 13.6. The number of halogens is 1. The van der Waals surface area contributed by atoms with Gasteiger partial charge in [-0.15, -0.1) is 0 Å². The summed E-state index contributed by atoms with van der Waals surface area (Å²) in [6, 6.07) is 6.57. The van der Waals surface area contributed by atoms with Crippen LogP contribution in [0, 0.1) is 12.7 Å². The van der Waals surface area contributed by atoms with Gasteiger partial charge in [0.05, 0.1) is 6.61 Å². The third kappa shape index (κ3) is 2.00. The first-order valence-corrected chi connectivity index (χ1v) is 6.30. The van der Waals surface area contributed by atoms with E-state index in [1.807, 2.05) is 6.92 Å². The Hall–Kier alpha value is -1.88. The largest absolute Gasteiger partial charge is 0.472 e. The fraction of sp³-hybridized carbons (Fsp3) is 0.357. The van der Waals surface area contributed by atoms with Crippen molar-refractivity contribution in [1.29, 1.82) is 0 Å². The van der Waals surface area contributed by atoms with Crippen LogP contribution in [0.25, 0.3) is 11.3 Å². The molecule has 1 atom stereocenters. The summed E-state index contributed by atoms with van der Waals surface area (Å²) in [6.45, 7) is 2.52. The van der Waals surface area contributed by atoms with Gasteiger partial charge in [-0.2, -0.15) is 5.10 Å². The van der Waals surface area contributed by atoms with E-state index in [1.165, 1.54) is 6.07 Å². The highest BCUT2D eigenvalue weighted by Crippen LogP contribution is 2.33. The number of ether oxygens (including phenoxy) is 1. The van der Waals surface area contributed by atoms with Crippen molar-refractivity contribution in [2.24, 2.45) is 0 Å². The lowest BCUT2D eigenvalue weighted by atomic mass is 10.1. The van der Waals surface area contributed by atoms with Crippen molar-refractivity contribution in [2.75, 3.05) is 6.61 Å². The van der Waals surface area contributed by atoms with Crippen molar-refractivity contribution in [3.63, 3.8) is 0 Å². The molecule has 1 aromatic carbocycles. The second-order valence-corrected chi connectivity index (χ2v) is 4.69. The van der Waals surface area contributed by atoms with Crippen molar-refractivity contribution >= 4 is 0 Å². The molecule has 2 aromatic rings. The summed E-state index contributed by atoms with van der Waals surface area (Å²) in [5.41, 5.74) is 1.89. The normalized spacial score (nSPS) is 17.9. The van der Waals surface area contributed by atoms with Crippen molar-refractivity contribution < 1.29 is 14.2 Å². The van der Waals surface area contributed by atoms with E-state index in [1.54, 1.807) is 22.9 Å².